The van der Waals surface area contributed by atoms with Crippen molar-refractivity contribution < 1.29 is 19.1 Å². The number of anilines is 1. The Hall–Kier alpha value is -1.74. The van der Waals surface area contributed by atoms with Crippen LogP contribution in [0.2, 0.25) is 0 Å². The molecular weight excluding hydrogens is 440 g/mol. The van der Waals surface area contributed by atoms with Crippen molar-refractivity contribution in [1.82, 2.24) is 15.3 Å². The molecule has 0 bridgehead atoms. The number of carbonyl (C=O) groups excluding carboxylic acids is 2. The Morgan fingerprint density at radius 2 is 2.00 bits per heavy atom. The molecule has 8 nitrogen and oxygen atoms in total. The summed E-state index contributed by atoms with van der Waals surface area (Å²) in [6.45, 7) is 11.4. The molecule has 1 spiro atoms. The molecule has 3 rings (SSSR count). The van der Waals surface area contributed by atoms with E-state index >= 15 is 0 Å². The average molecular weight is 469 g/mol. The van der Waals surface area contributed by atoms with Crippen LogP contribution < -0.4 is 10.2 Å². The van der Waals surface area contributed by atoms with E-state index in [1.54, 1.807) is 0 Å². The molecule has 2 aliphatic heterocycles. The summed E-state index contributed by atoms with van der Waals surface area (Å²) >= 11 is 3.33. The number of nitrogens with zero attached hydrogens (tertiary/aromatic N) is 3. The molecule has 9 heteroatoms. The number of nitrogens with one attached hydrogen (secondary N) is 1. The average Bonchev–Trinajstić information content (AvgIpc) is 2.92. The predicted octanol–water partition coefficient (Wildman–Crippen LogP) is 3.26. The van der Waals surface area contributed by atoms with Crippen LogP contribution in [0, 0.1) is 12.3 Å². The lowest BCUT2D eigenvalue weighted by atomic mass is 9.73. The molecule has 2 saturated heterocycles. The molecule has 0 aromatic carbocycles. The van der Waals surface area contributed by atoms with Crippen molar-refractivity contribution in [3.05, 3.63) is 16.0 Å². The zero-order valence-corrected chi connectivity index (χ0v) is 19.2. The number of ether oxygens (including phenoxy) is 2. The molecule has 1 aromatic rings. The minimum absolute atomic E-state index is 0.0886. The van der Waals surface area contributed by atoms with E-state index in [1.165, 1.54) is 0 Å². The van der Waals surface area contributed by atoms with E-state index in [4.69, 9.17) is 9.47 Å². The molecule has 1 N–H and O–H groups in total. The Kier molecular flexibility index (Phi) is 6.19. The smallest absolute Gasteiger partial charge is 0.407 e. The van der Waals surface area contributed by atoms with E-state index in [0.29, 0.717) is 35.8 Å². The summed E-state index contributed by atoms with van der Waals surface area (Å²) in [7, 11) is 0. The van der Waals surface area contributed by atoms with Gasteiger partial charge in [-0.1, -0.05) is 0 Å². The third kappa shape index (κ3) is 4.71. The summed E-state index contributed by atoms with van der Waals surface area (Å²) in [5.41, 5.74) is 0.365. The van der Waals surface area contributed by atoms with Gasteiger partial charge in [-0.2, -0.15) is 0 Å². The number of halogens is 1. The van der Waals surface area contributed by atoms with E-state index in [1.807, 2.05) is 34.6 Å². The van der Waals surface area contributed by atoms with Gasteiger partial charge in [-0.25, -0.2) is 14.8 Å². The molecule has 1 aromatic heterocycles. The van der Waals surface area contributed by atoms with Gasteiger partial charge in [-0.3, -0.25) is 4.79 Å². The third-order valence-corrected chi connectivity index (χ3v) is 6.38. The highest BCUT2D eigenvalue weighted by Gasteiger charge is 2.50. The quantitative estimate of drug-likeness (QED) is 0.680. The summed E-state index contributed by atoms with van der Waals surface area (Å²) < 4.78 is 12.0. The van der Waals surface area contributed by atoms with Crippen molar-refractivity contribution in [2.24, 2.45) is 5.41 Å². The van der Waals surface area contributed by atoms with Crippen molar-refractivity contribution in [3.8, 4) is 0 Å². The maximum atomic E-state index is 12.4. The van der Waals surface area contributed by atoms with Crippen molar-refractivity contribution >= 4 is 34.1 Å². The lowest BCUT2D eigenvalue weighted by Crippen LogP contribution is -2.55. The molecule has 2 atom stereocenters. The minimum Gasteiger partial charge on any atom is -0.444 e. The molecule has 2 aliphatic rings. The second-order valence-electron chi connectivity index (χ2n) is 8.92. The van der Waals surface area contributed by atoms with Crippen molar-refractivity contribution in [2.75, 3.05) is 24.6 Å². The number of aldehydes is 1. The van der Waals surface area contributed by atoms with Crippen LogP contribution in [0.1, 0.15) is 56.7 Å². The van der Waals surface area contributed by atoms with E-state index in [9.17, 15) is 9.59 Å². The number of aryl methyl sites for hydroxylation is 1. The molecule has 2 fully saturated rings. The molecule has 3 heterocycles. The second kappa shape index (κ2) is 8.18. The third-order valence-electron chi connectivity index (χ3n) is 5.63. The molecule has 1 amide bonds. The van der Waals surface area contributed by atoms with Gasteiger partial charge >= 0.3 is 6.09 Å². The summed E-state index contributed by atoms with van der Waals surface area (Å²) in [4.78, 5) is 34.8. The van der Waals surface area contributed by atoms with E-state index < -0.39 is 11.7 Å². The van der Waals surface area contributed by atoms with Crippen molar-refractivity contribution in [3.63, 3.8) is 0 Å². The van der Waals surface area contributed by atoms with Gasteiger partial charge in [0.25, 0.3) is 0 Å². The first-order valence-electron chi connectivity index (χ1n) is 9.90. The van der Waals surface area contributed by atoms with Gasteiger partial charge in [0.05, 0.1) is 24.4 Å². The predicted molar refractivity (Wildman–Crippen MR) is 112 cm³/mol. The number of alkyl carbamates (subject to hydrolysis) is 1. The topological polar surface area (TPSA) is 93.6 Å². The minimum atomic E-state index is -0.549. The molecular formula is C20H29BrN4O4. The maximum Gasteiger partial charge on any atom is 0.407 e. The Labute approximate surface area is 179 Å². The summed E-state index contributed by atoms with van der Waals surface area (Å²) in [5.74, 6) is 0.610. The lowest BCUT2D eigenvalue weighted by molar-refractivity contribution is 0.0434. The molecule has 29 heavy (non-hydrogen) atoms. The van der Waals surface area contributed by atoms with Crippen LogP contribution in [0.25, 0.3) is 0 Å². The van der Waals surface area contributed by atoms with Gasteiger partial charge in [-0.05, 0) is 63.4 Å². The largest absolute Gasteiger partial charge is 0.444 e. The zero-order chi connectivity index (χ0) is 21.4. The summed E-state index contributed by atoms with van der Waals surface area (Å²) in [6, 6.07) is -0.122. The second-order valence-corrected chi connectivity index (χ2v) is 9.67. The van der Waals surface area contributed by atoms with Crippen molar-refractivity contribution in [2.45, 2.75) is 65.2 Å². The van der Waals surface area contributed by atoms with Crippen LogP contribution in [-0.2, 0) is 9.47 Å². The van der Waals surface area contributed by atoms with Gasteiger partial charge < -0.3 is 19.7 Å². The van der Waals surface area contributed by atoms with Crippen molar-refractivity contribution in [1.29, 1.82) is 0 Å². The van der Waals surface area contributed by atoms with Gasteiger partial charge in [0, 0.05) is 18.5 Å². The Bertz CT molecular complexity index is 787. The number of aromatic nitrogens is 2. The van der Waals surface area contributed by atoms with Gasteiger partial charge in [0.2, 0.25) is 0 Å². The first-order valence-corrected chi connectivity index (χ1v) is 10.7. The number of rotatable bonds is 3. The van der Waals surface area contributed by atoms with Crippen LogP contribution in [0.15, 0.2) is 4.60 Å². The fourth-order valence-corrected chi connectivity index (χ4v) is 4.40. The summed E-state index contributed by atoms with van der Waals surface area (Å²) in [6.07, 6.45) is 1.86. The normalized spacial score (nSPS) is 23.9. The standard InChI is InChI=1S/C20H29BrN4O4/c1-12-16(21)23-14(10-26)17(22-12)25-8-6-20(7-9-25)11-28-13(2)15(20)24-18(27)29-19(3,4)5/h10,13,15H,6-9,11H2,1-5H3,(H,24,27)/t13-,15+/m0/s1. The van der Waals surface area contributed by atoms with Gasteiger partial charge in [0.15, 0.2) is 12.1 Å². The molecule has 0 radical (unpaired) electrons. The highest BCUT2D eigenvalue weighted by atomic mass is 79.9. The van der Waals surface area contributed by atoms with Gasteiger partial charge in [-0.15, -0.1) is 0 Å². The van der Waals surface area contributed by atoms with Crippen LogP contribution in [-0.4, -0.2) is 59.8 Å². The number of carbonyl (C=O) groups is 2. The number of hydrogen-bond donors (Lipinski definition) is 1. The lowest BCUT2D eigenvalue weighted by Gasteiger charge is -2.43. The highest BCUT2D eigenvalue weighted by molar-refractivity contribution is 9.10. The first-order chi connectivity index (χ1) is 13.5. The van der Waals surface area contributed by atoms with E-state index in [0.717, 1.165) is 24.8 Å². The first kappa shape index (κ1) is 22.0. The number of piperidine rings is 1. The van der Waals surface area contributed by atoms with Crippen LogP contribution in [0.4, 0.5) is 10.6 Å². The highest BCUT2D eigenvalue weighted by Crippen LogP contribution is 2.43. The summed E-state index contributed by atoms with van der Waals surface area (Å²) in [5, 5.41) is 3.04. The Morgan fingerprint density at radius 1 is 1.34 bits per heavy atom. The number of amides is 1. The van der Waals surface area contributed by atoms with Crippen LogP contribution in [0.5, 0.6) is 0 Å². The molecule has 0 aliphatic carbocycles. The number of hydrogen-bond acceptors (Lipinski definition) is 7. The SMILES string of the molecule is Cc1nc(N2CCC3(CC2)CO[C@@H](C)[C@H]3NC(=O)OC(C)(C)C)c(C=O)nc1Br. The fourth-order valence-electron chi connectivity index (χ4n) is 4.12. The van der Waals surface area contributed by atoms with E-state index in [2.05, 4.69) is 36.1 Å². The van der Waals surface area contributed by atoms with Gasteiger partial charge in [0.1, 0.15) is 15.9 Å². The fraction of sp³-hybridized carbons (Fsp3) is 0.700. The van der Waals surface area contributed by atoms with Crippen LogP contribution >= 0.6 is 15.9 Å². The monoisotopic (exact) mass is 468 g/mol. The molecule has 0 unspecified atom stereocenters. The maximum absolute atomic E-state index is 12.4. The molecule has 0 saturated carbocycles. The van der Waals surface area contributed by atoms with Crippen LogP contribution in [0.3, 0.4) is 0 Å². The molecule has 160 valence electrons. The van der Waals surface area contributed by atoms with E-state index in [-0.39, 0.29) is 17.6 Å². The Balaban J connectivity index is 1.73. The zero-order valence-electron chi connectivity index (χ0n) is 17.6. The Morgan fingerprint density at radius 3 is 2.59 bits per heavy atom.